The number of nitrogens with zero attached hydrogens (tertiary/aromatic N) is 3. The highest BCUT2D eigenvalue weighted by molar-refractivity contribution is 6.05. The van der Waals surface area contributed by atoms with E-state index in [0.29, 0.717) is 28.6 Å². The number of hydrogen-bond donors (Lipinski definition) is 1. The molecule has 1 amide bonds. The zero-order chi connectivity index (χ0) is 21.9. The van der Waals surface area contributed by atoms with Crippen molar-refractivity contribution >= 4 is 16.8 Å². The van der Waals surface area contributed by atoms with Crippen LogP contribution >= 0.6 is 0 Å². The number of hydrogen-bond acceptors (Lipinski definition) is 3. The summed E-state index contributed by atoms with van der Waals surface area (Å²) in [5, 5.41) is 5.23. The number of carbonyl (C=O) groups excluding carboxylic acids is 1. The first-order chi connectivity index (χ1) is 14.7. The summed E-state index contributed by atoms with van der Waals surface area (Å²) in [7, 11) is 2.17. The van der Waals surface area contributed by atoms with E-state index < -0.39 is 17.6 Å². The summed E-state index contributed by atoms with van der Waals surface area (Å²) >= 11 is 0. The number of halogens is 3. The lowest BCUT2D eigenvalue weighted by atomic mass is 9.97. The van der Waals surface area contributed by atoms with E-state index in [1.165, 1.54) is 25.0 Å². The zero-order valence-electron chi connectivity index (χ0n) is 17.1. The van der Waals surface area contributed by atoms with Crippen LogP contribution in [-0.2, 0) is 6.18 Å². The van der Waals surface area contributed by atoms with Crippen LogP contribution in [0.1, 0.15) is 47.8 Å². The van der Waals surface area contributed by atoms with Gasteiger partial charge < -0.3 is 10.6 Å². The molecule has 0 spiro atoms. The van der Waals surface area contributed by atoms with E-state index >= 15 is 0 Å². The Hall–Kier alpha value is -2.87. The summed E-state index contributed by atoms with van der Waals surface area (Å²) in [6.45, 7) is 0. The first-order valence-electron chi connectivity index (χ1n) is 10.4. The summed E-state index contributed by atoms with van der Waals surface area (Å²) in [6.07, 6.45) is -0.0727. The highest BCUT2D eigenvalue weighted by Gasteiger charge is 2.40. The topological polar surface area (TPSA) is 64.2 Å². The summed E-state index contributed by atoms with van der Waals surface area (Å²) in [4.78, 5) is 14.6. The predicted octanol–water partition coefficient (Wildman–Crippen LogP) is 4.62. The van der Waals surface area contributed by atoms with Crippen LogP contribution in [-0.4, -0.2) is 39.7 Å². The van der Waals surface area contributed by atoms with E-state index in [2.05, 4.69) is 17.0 Å². The van der Waals surface area contributed by atoms with Crippen LogP contribution in [0.3, 0.4) is 0 Å². The lowest BCUT2D eigenvalue weighted by Gasteiger charge is -2.36. The van der Waals surface area contributed by atoms with Crippen LogP contribution < -0.4 is 5.73 Å². The maximum atomic E-state index is 12.9. The highest BCUT2D eigenvalue weighted by atomic mass is 19.4. The minimum Gasteiger partial charge on any atom is -0.364 e. The number of fused-ring (bicyclic) bond motifs is 3. The quantitative estimate of drug-likeness (QED) is 0.662. The highest BCUT2D eigenvalue weighted by Crippen LogP contribution is 2.41. The number of carbonyl (C=O) groups is 1. The average molecular weight is 428 g/mol. The molecule has 162 valence electrons. The fourth-order valence-electron chi connectivity index (χ4n) is 5.22. The normalized spacial score (nSPS) is 24.1. The first-order valence-corrected chi connectivity index (χ1v) is 10.4. The molecule has 2 atom stereocenters. The van der Waals surface area contributed by atoms with Gasteiger partial charge in [0.25, 0.3) is 5.91 Å². The molecule has 5 nitrogen and oxygen atoms in total. The Labute approximate surface area is 177 Å². The number of alkyl halides is 3. The van der Waals surface area contributed by atoms with Crippen molar-refractivity contribution in [1.29, 1.82) is 0 Å². The van der Waals surface area contributed by atoms with Gasteiger partial charge in [0.1, 0.15) is 0 Å². The van der Waals surface area contributed by atoms with Gasteiger partial charge in [-0.15, -0.1) is 0 Å². The van der Waals surface area contributed by atoms with Gasteiger partial charge in [-0.1, -0.05) is 18.2 Å². The van der Waals surface area contributed by atoms with Crippen molar-refractivity contribution in [3.8, 4) is 11.1 Å². The van der Waals surface area contributed by atoms with Gasteiger partial charge in [-0.25, -0.2) is 0 Å². The van der Waals surface area contributed by atoms with Crippen molar-refractivity contribution in [3.05, 3.63) is 53.7 Å². The molecular formula is C23H23F3N4O. The molecule has 0 radical (unpaired) electrons. The fourth-order valence-corrected chi connectivity index (χ4v) is 5.22. The molecule has 0 saturated carbocycles. The molecule has 31 heavy (non-hydrogen) atoms. The lowest BCUT2D eigenvalue weighted by molar-refractivity contribution is -0.137. The van der Waals surface area contributed by atoms with Crippen molar-refractivity contribution in [2.45, 2.75) is 50.0 Å². The number of aromatic nitrogens is 2. The number of rotatable bonds is 3. The number of amides is 1. The molecular weight excluding hydrogens is 405 g/mol. The van der Waals surface area contributed by atoms with Crippen LogP contribution in [0.15, 0.2) is 42.5 Å². The molecule has 2 N–H and O–H groups in total. The van der Waals surface area contributed by atoms with Crippen LogP contribution in [0.5, 0.6) is 0 Å². The summed E-state index contributed by atoms with van der Waals surface area (Å²) in [6, 6.07) is 11.8. The monoisotopic (exact) mass is 428 g/mol. The Morgan fingerprint density at radius 1 is 1.00 bits per heavy atom. The van der Waals surface area contributed by atoms with Gasteiger partial charge in [0.2, 0.25) is 0 Å². The van der Waals surface area contributed by atoms with Gasteiger partial charge in [-0.2, -0.15) is 18.3 Å². The predicted molar refractivity (Wildman–Crippen MR) is 112 cm³/mol. The lowest BCUT2D eigenvalue weighted by Crippen LogP contribution is -2.40. The van der Waals surface area contributed by atoms with Crippen molar-refractivity contribution in [2.75, 3.05) is 7.05 Å². The van der Waals surface area contributed by atoms with Gasteiger partial charge in [0.05, 0.1) is 17.1 Å². The van der Waals surface area contributed by atoms with Crippen LogP contribution in [0.25, 0.3) is 22.0 Å². The maximum Gasteiger partial charge on any atom is 0.416 e. The molecule has 5 rings (SSSR count). The maximum absolute atomic E-state index is 12.9. The number of piperidine rings is 1. The molecule has 2 aliphatic rings. The van der Waals surface area contributed by atoms with E-state index in [1.807, 2.05) is 16.8 Å². The molecule has 3 heterocycles. The van der Waals surface area contributed by atoms with Crippen molar-refractivity contribution < 1.29 is 18.0 Å². The molecule has 2 unspecified atom stereocenters. The number of benzene rings is 2. The fraction of sp³-hybridized carbons (Fsp3) is 0.391. The Morgan fingerprint density at radius 3 is 2.19 bits per heavy atom. The second kappa shape index (κ2) is 7.09. The SMILES string of the molecule is CN1C2CCC1CC(n1nc(C(N)=O)c3cc(-c4ccc(C(F)(F)F)cc4)ccc31)C2. The summed E-state index contributed by atoms with van der Waals surface area (Å²) in [5.41, 5.74) is 7.31. The minimum atomic E-state index is -4.38. The standard InChI is InChI=1S/C23H23F3N4O/c1-29-16-7-8-17(29)12-18(11-16)30-20-9-4-14(10-19(20)21(28-30)22(27)31)13-2-5-15(6-3-13)23(24,25)26/h2-6,9-10,16-18H,7-8,11-12H2,1H3,(H2,27,31). The second-order valence-electron chi connectivity index (χ2n) is 8.64. The second-order valence-corrected chi connectivity index (χ2v) is 8.64. The Bertz CT molecular complexity index is 1140. The van der Waals surface area contributed by atoms with Crippen molar-refractivity contribution in [2.24, 2.45) is 5.73 Å². The van der Waals surface area contributed by atoms with Crippen molar-refractivity contribution in [1.82, 2.24) is 14.7 Å². The first kappa shape index (κ1) is 20.1. The zero-order valence-corrected chi connectivity index (χ0v) is 17.1. The summed E-state index contributed by atoms with van der Waals surface area (Å²) < 4.78 is 40.5. The molecule has 0 aliphatic carbocycles. The molecule has 2 aliphatic heterocycles. The molecule has 2 fully saturated rings. The molecule has 2 saturated heterocycles. The third-order valence-electron chi connectivity index (χ3n) is 6.90. The van der Waals surface area contributed by atoms with Crippen LogP contribution in [0.2, 0.25) is 0 Å². The molecule has 2 aromatic carbocycles. The molecule has 3 aromatic rings. The molecule has 8 heteroatoms. The molecule has 1 aromatic heterocycles. The van der Waals surface area contributed by atoms with Gasteiger partial charge in [-0.05, 0) is 68.1 Å². The largest absolute Gasteiger partial charge is 0.416 e. The smallest absolute Gasteiger partial charge is 0.364 e. The van der Waals surface area contributed by atoms with E-state index in [-0.39, 0.29) is 11.7 Å². The van der Waals surface area contributed by atoms with Crippen molar-refractivity contribution in [3.63, 3.8) is 0 Å². The van der Waals surface area contributed by atoms with E-state index in [9.17, 15) is 18.0 Å². The van der Waals surface area contributed by atoms with Crippen LogP contribution in [0.4, 0.5) is 13.2 Å². The minimum absolute atomic E-state index is 0.196. The van der Waals surface area contributed by atoms with E-state index in [0.717, 1.165) is 30.5 Å². The van der Waals surface area contributed by atoms with Gasteiger partial charge in [-0.3, -0.25) is 9.48 Å². The summed E-state index contributed by atoms with van der Waals surface area (Å²) in [5.74, 6) is -0.607. The van der Waals surface area contributed by atoms with Crippen LogP contribution in [0, 0.1) is 0 Å². The Morgan fingerprint density at radius 2 is 1.61 bits per heavy atom. The van der Waals surface area contributed by atoms with Gasteiger partial charge in [0, 0.05) is 17.5 Å². The average Bonchev–Trinajstić information content (AvgIpc) is 3.19. The Balaban J connectivity index is 1.55. The third kappa shape index (κ3) is 3.39. The third-order valence-corrected chi connectivity index (χ3v) is 6.90. The van der Waals surface area contributed by atoms with E-state index in [4.69, 9.17) is 5.73 Å². The molecule has 2 bridgehead atoms. The number of primary amides is 1. The van der Waals surface area contributed by atoms with E-state index in [1.54, 1.807) is 6.07 Å². The Kier molecular flexibility index (Phi) is 4.58. The number of nitrogens with two attached hydrogens (primary N) is 1. The van der Waals surface area contributed by atoms with Gasteiger partial charge in [0.15, 0.2) is 5.69 Å². The van der Waals surface area contributed by atoms with Gasteiger partial charge >= 0.3 is 6.18 Å².